The third-order valence-corrected chi connectivity index (χ3v) is 3.33. The SMILES string of the molecule is CC(CN)SCc1ccc(CO)cc1. The molecule has 1 atom stereocenters. The lowest BCUT2D eigenvalue weighted by Crippen LogP contribution is -2.12. The fraction of sp³-hybridized carbons (Fsp3) is 0.455. The van der Waals surface area contributed by atoms with Crippen LogP contribution in [0.4, 0.5) is 0 Å². The van der Waals surface area contributed by atoms with Crippen LogP contribution in [0.15, 0.2) is 24.3 Å². The molecule has 0 spiro atoms. The van der Waals surface area contributed by atoms with Crippen LogP contribution in [-0.2, 0) is 12.4 Å². The van der Waals surface area contributed by atoms with Gasteiger partial charge >= 0.3 is 0 Å². The number of benzene rings is 1. The molecule has 0 fully saturated rings. The average molecular weight is 211 g/mol. The zero-order chi connectivity index (χ0) is 10.4. The van der Waals surface area contributed by atoms with Gasteiger partial charge in [0.1, 0.15) is 0 Å². The monoisotopic (exact) mass is 211 g/mol. The van der Waals surface area contributed by atoms with Crippen molar-refractivity contribution in [3.8, 4) is 0 Å². The van der Waals surface area contributed by atoms with Crippen LogP contribution < -0.4 is 5.73 Å². The van der Waals surface area contributed by atoms with Gasteiger partial charge in [0.2, 0.25) is 0 Å². The van der Waals surface area contributed by atoms with Crippen molar-refractivity contribution >= 4 is 11.8 Å². The van der Waals surface area contributed by atoms with E-state index in [4.69, 9.17) is 10.8 Å². The fourth-order valence-corrected chi connectivity index (χ4v) is 1.85. The van der Waals surface area contributed by atoms with Gasteiger partial charge in [-0.25, -0.2) is 0 Å². The van der Waals surface area contributed by atoms with Crippen LogP contribution in [0.1, 0.15) is 18.1 Å². The molecular formula is C11H17NOS. The summed E-state index contributed by atoms with van der Waals surface area (Å²) < 4.78 is 0. The summed E-state index contributed by atoms with van der Waals surface area (Å²) in [6.07, 6.45) is 0. The Morgan fingerprint density at radius 1 is 1.29 bits per heavy atom. The van der Waals surface area contributed by atoms with E-state index in [1.165, 1.54) is 5.56 Å². The number of rotatable bonds is 5. The minimum absolute atomic E-state index is 0.118. The Kier molecular flexibility index (Phi) is 5.01. The van der Waals surface area contributed by atoms with Crippen molar-refractivity contribution in [1.82, 2.24) is 0 Å². The molecule has 0 aliphatic carbocycles. The van der Waals surface area contributed by atoms with E-state index in [2.05, 4.69) is 19.1 Å². The molecule has 1 rings (SSSR count). The zero-order valence-corrected chi connectivity index (χ0v) is 9.26. The molecule has 1 aromatic rings. The third-order valence-electron chi connectivity index (χ3n) is 2.07. The highest BCUT2D eigenvalue weighted by atomic mass is 32.2. The molecule has 3 N–H and O–H groups in total. The van der Waals surface area contributed by atoms with Crippen molar-refractivity contribution in [2.24, 2.45) is 5.73 Å². The molecule has 0 saturated carbocycles. The first kappa shape index (κ1) is 11.6. The lowest BCUT2D eigenvalue weighted by Gasteiger charge is -2.08. The van der Waals surface area contributed by atoms with E-state index in [1.807, 2.05) is 23.9 Å². The summed E-state index contributed by atoms with van der Waals surface area (Å²) in [4.78, 5) is 0. The van der Waals surface area contributed by atoms with Crippen LogP contribution in [0.3, 0.4) is 0 Å². The minimum atomic E-state index is 0.118. The molecular weight excluding hydrogens is 194 g/mol. The molecule has 2 nitrogen and oxygen atoms in total. The molecule has 3 heteroatoms. The summed E-state index contributed by atoms with van der Waals surface area (Å²) in [6, 6.07) is 8.04. The lowest BCUT2D eigenvalue weighted by molar-refractivity contribution is 0.282. The van der Waals surface area contributed by atoms with Gasteiger partial charge in [-0.2, -0.15) is 11.8 Å². The summed E-state index contributed by atoms with van der Waals surface area (Å²) in [5.74, 6) is 0.990. The lowest BCUT2D eigenvalue weighted by atomic mass is 10.2. The quantitative estimate of drug-likeness (QED) is 0.780. The smallest absolute Gasteiger partial charge is 0.0681 e. The van der Waals surface area contributed by atoms with E-state index >= 15 is 0 Å². The van der Waals surface area contributed by atoms with Crippen molar-refractivity contribution in [1.29, 1.82) is 0 Å². The average Bonchev–Trinajstić information content (AvgIpc) is 2.26. The fourth-order valence-electron chi connectivity index (χ4n) is 1.05. The van der Waals surface area contributed by atoms with Crippen LogP contribution in [0.5, 0.6) is 0 Å². The van der Waals surface area contributed by atoms with Crippen molar-refractivity contribution < 1.29 is 5.11 Å². The van der Waals surface area contributed by atoms with E-state index in [0.717, 1.165) is 17.9 Å². The summed E-state index contributed by atoms with van der Waals surface area (Å²) >= 11 is 1.86. The normalized spacial score (nSPS) is 12.8. The Morgan fingerprint density at radius 2 is 1.86 bits per heavy atom. The molecule has 0 aliphatic heterocycles. The van der Waals surface area contributed by atoms with Crippen LogP contribution in [0.2, 0.25) is 0 Å². The maximum Gasteiger partial charge on any atom is 0.0681 e. The largest absolute Gasteiger partial charge is 0.392 e. The van der Waals surface area contributed by atoms with Gasteiger partial charge in [-0.05, 0) is 11.1 Å². The standard InChI is InChI=1S/C11H17NOS/c1-9(6-12)14-8-11-4-2-10(7-13)3-5-11/h2-5,9,13H,6-8,12H2,1H3. The molecule has 1 aromatic carbocycles. The van der Waals surface area contributed by atoms with Gasteiger partial charge in [0.25, 0.3) is 0 Å². The summed E-state index contributed by atoms with van der Waals surface area (Å²) in [6.45, 7) is 2.97. The number of thioether (sulfide) groups is 1. The molecule has 0 radical (unpaired) electrons. The Hall–Kier alpha value is -0.510. The van der Waals surface area contributed by atoms with Crippen molar-refractivity contribution in [3.63, 3.8) is 0 Å². The molecule has 0 aromatic heterocycles. The Morgan fingerprint density at radius 3 is 2.36 bits per heavy atom. The highest BCUT2D eigenvalue weighted by molar-refractivity contribution is 7.99. The van der Waals surface area contributed by atoms with Crippen LogP contribution in [-0.4, -0.2) is 16.9 Å². The van der Waals surface area contributed by atoms with Crippen molar-refractivity contribution in [2.75, 3.05) is 6.54 Å². The van der Waals surface area contributed by atoms with Crippen LogP contribution >= 0.6 is 11.8 Å². The molecule has 0 saturated heterocycles. The van der Waals surface area contributed by atoms with Crippen molar-refractivity contribution in [3.05, 3.63) is 35.4 Å². The topological polar surface area (TPSA) is 46.2 Å². The number of aliphatic hydroxyl groups is 1. The molecule has 14 heavy (non-hydrogen) atoms. The second kappa shape index (κ2) is 6.06. The first-order valence-corrected chi connectivity index (χ1v) is 5.81. The molecule has 0 aliphatic rings. The Labute approximate surface area is 89.5 Å². The predicted molar refractivity (Wildman–Crippen MR) is 62.2 cm³/mol. The van der Waals surface area contributed by atoms with E-state index in [-0.39, 0.29) is 6.61 Å². The second-order valence-electron chi connectivity index (χ2n) is 3.33. The number of hydrogen-bond donors (Lipinski definition) is 2. The van der Waals surface area contributed by atoms with Gasteiger partial charge in [-0.3, -0.25) is 0 Å². The van der Waals surface area contributed by atoms with Gasteiger partial charge < -0.3 is 10.8 Å². The molecule has 1 unspecified atom stereocenters. The van der Waals surface area contributed by atoms with E-state index in [0.29, 0.717) is 5.25 Å². The maximum atomic E-state index is 8.86. The number of aliphatic hydroxyl groups excluding tert-OH is 1. The van der Waals surface area contributed by atoms with Gasteiger partial charge in [-0.1, -0.05) is 31.2 Å². The van der Waals surface area contributed by atoms with E-state index in [1.54, 1.807) is 0 Å². The first-order chi connectivity index (χ1) is 6.76. The van der Waals surface area contributed by atoms with E-state index in [9.17, 15) is 0 Å². The maximum absolute atomic E-state index is 8.86. The molecule has 0 heterocycles. The van der Waals surface area contributed by atoms with E-state index < -0.39 is 0 Å². The number of hydrogen-bond acceptors (Lipinski definition) is 3. The third kappa shape index (κ3) is 3.70. The highest BCUT2D eigenvalue weighted by Gasteiger charge is 2.00. The number of nitrogens with two attached hydrogens (primary N) is 1. The van der Waals surface area contributed by atoms with Gasteiger partial charge in [0.05, 0.1) is 6.61 Å². The summed E-state index contributed by atoms with van der Waals surface area (Å²) in [7, 11) is 0. The molecule has 78 valence electrons. The second-order valence-corrected chi connectivity index (χ2v) is 4.76. The van der Waals surface area contributed by atoms with Crippen LogP contribution in [0, 0.1) is 0 Å². The van der Waals surface area contributed by atoms with Crippen LogP contribution in [0.25, 0.3) is 0 Å². The van der Waals surface area contributed by atoms with Gasteiger partial charge in [0.15, 0.2) is 0 Å². The van der Waals surface area contributed by atoms with Gasteiger partial charge in [-0.15, -0.1) is 0 Å². The summed E-state index contributed by atoms with van der Waals surface area (Å²) in [5.41, 5.74) is 7.78. The molecule has 0 bridgehead atoms. The summed E-state index contributed by atoms with van der Waals surface area (Å²) in [5, 5.41) is 9.37. The van der Waals surface area contributed by atoms with Gasteiger partial charge in [0, 0.05) is 17.5 Å². The zero-order valence-electron chi connectivity index (χ0n) is 8.44. The Balaban J connectivity index is 2.43. The highest BCUT2D eigenvalue weighted by Crippen LogP contribution is 2.17. The minimum Gasteiger partial charge on any atom is -0.392 e. The molecule has 0 amide bonds. The predicted octanol–water partition coefficient (Wildman–Crippen LogP) is 1.76. The first-order valence-electron chi connectivity index (χ1n) is 4.76. The van der Waals surface area contributed by atoms with Crippen molar-refractivity contribution in [2.45, 2.75) is 24.5 Å². The Bertz CT molecular complexity index is 260.